The van der Waals surface area contributed by atoms with Gasteiger partial charge in [-0.2, -0.15) is 0 Å². The molecule has 224 valence electrons. The Balaban J connectivity index is 1.44. The zero-order valence-electron chi connectivity index (χ0n) is 24.5. The minimum atomic E-state index is -0.665. The minimum absolute atomic E-state index is 0.0104. The Kier molecular flexibility index (Phi) is 8.65. The summed E-state index contributed by atoms with van der Waals surface area (Å²) in [5.74, 6) is 0.900. The second-order valence-electron chi connectivity index (χ2n) is 11.0. The van der Waals surface area contributed by atoms with Crippen molar-refractivity contribution in [1.82, 2.24) is 0 Å². The molecule has 6 rings (SSSR count). The monoisotopic (exact) mass is 626 g/mol. The maximum atomic E-state index is 14.2. The lowest BCUT2D eigenvalue weighted by Crippen LogP contribution is -2.37. The first-order chi connectivity index (χ1) is 21.3. The fourth-order valence-electron chi connectivity index (χ4n) is 6.05. The summed E-state index contributed by atoms with van der Waals surface area (Å²) in [6, 6.07) is 27.8. The third-order valence-electron chi connectivity index (χ3n) is 8.06. The first kappa shape index (κ1) is 29.8. The van der Waals surface area contributed by atoms with E-state index in [1.807, 2.05) is 97.9 Å². The van der Waals surface area contributed by atoms with Crippen LogP contribution in [-0.2, 0) is 16.2 Å². The second kappa shape index (κ2) is 12.8. The van der Waals surface area contributed by atoms with E-state index in [1.54, 1.807) is 4.90 Å². The summed E-state index contributed by atoms with van der Waals surface area (Å²) >= 11 is 12.2. The van der Waals surface area contributed by atoms with E-state index in [0.29, 0.717) is 58.9 Å². The Morgan fingerprint density at radius 1 is 0.864 bits per heavy atom. The van der Waals surface area contributed by atoms with Crippen LogP contribution in [0.4, 0.5) is 11.4 Å². The minimum Gasteiger partial charge on any atom is -0.490 e. The summed E-state index contributed by atoms with van der Waals surface area (Å²) < 4.78 is 12.2. The number of hydrogen-bond donors (Lipinski definition) is 1. The third-order valence-corrected chi connectivity index (χ3v) is 8.56. The second-order valence-corrected chi connectivity index (χ2v) is 11.8. The van der Waals surface area contributed by atoms with Crippen molar-refractivity contribution in [3.63, 3.8) is 0 Å². The van der Waals surface area contributed by atoms with Gasteiger partial charge in [-0.15, -0.1) is 0 Å². The number of nitrogens with zero attached hydrogens (tertiary/aromatic N) is 1. The van der Waals surface area contributed by atoms with Crippen LogP contribution in [0.2, 0.25) is 10.0 Å². The molecular weight excluding hydrogens is 595 g/mol. The number of ketones is 1. The van der Waals surface area contributed by atoms with E-state index < -0.39 is 6.04 Å². The summed E-state index contributed by atoms with van der Waals surface area (Å²) in [5, 5.41) is 4.87. The molecule has 0 spiro atoms. The van der Waals surface area contributed by atoms with Gasteiger partial charge >= 0.3 is 0 Å². The van der Waals surface area contributed by atoms with Gasteiger partial charge in [0.15, 0.2) is 17.3 Å². The van der Waals surface area contributed by atoms with Crippen molar-refractivity contribution in [2.45, 2.75) is 45.3 Å². The molecule has 6 nitrogen and oxygen atoms in total. The average Bonchev–Trinajstić information content (AvgIpc) is 3.16. The van der Waals surface area contributed by atoms with E-state index >= 15 is 0 Å². The molecule has 0 saturated heterocycles. The number of amides is 1. The van der Waals surface area contributed by atoms with Crippen molar-refractivity contribution < 1.29 is 19.1 Å². The third kappa shape index (κ3) is 6.05. The lowest BCUT2D eigenvalue weighted by molar-refractivity contribution is -0.117. The topological polar surface area (TPSA) is 67.9 Å². The predicted octanol–water partition coefficient (Wildman–Crippen LogP) is 8.89. The Labute approximate surface area is 267 Å². The zero-order chi connectivity index (χ0) is 30.8. The number of rotatable bonds is 7. The van der Waals surface area contributed by atoms with Gasteiger partial charge in [-0.1, -0.05) is 65.7 Å². The molecule has 1 heterocycles. The molecule has 4 aromatic carbocycles. The molecular formula is C36H32Cl2N2O4. The number of ether oxygens (including phenoxy) is 2. The van der Waals surface area contributed by atoms with Gasteiger partial charge in [0.05, 0.1) is 24.0 Å². The molecule has 4 aromatic rings. The molecule has 0 fully saturated rings. The summed E-state index contributed by atoms with van der Waals surface area (Å²) in [7, 11) is 0. The summed E-state index contributed by atoms with van der Waals surface area (Å²) in [5.41, 5.74) is 5.64. The van der Waals surface area contributed by atoms with Crippen LogP contribution in [0, 0.1) is 0 Å². The molecule has 1 amide bonds. The standard InChI is InChI=1S/C36H32Cl2N2O4/c1-3-43-34-20-25(12-17-33(34)44-21-23-8-13-27(37)14-9-23)36-35-30(39-29-6-4-5-7-31(29)40(36)22(2)41)18-26(19-32(35)42)24-10-15-28(38)16-11-24/h4-17,20,26,36,39H,3,18-19,21H2,1-2H3/t26-,36-/m1/s1. The van der Waals surface area contributed by atoms with Crippen molar-refractivity contribution in [3.8, 4) is 11.5 Å². The van der Waals surface area contributed by atoms with Crippen molar-refractivity contribution in [1.29, 1.82) is 0 Å². The molecule has 0 aromatic heterocycles. The Morgan fingerprint density at radius 2 is 1.55 bits per heavy atom. The SMILES string of the molecule is CCOc1cc([C@@H]2C3=C(C[C@@H](c4ccc(Cl)cc4)CC3=O)Nc3ccccc3N2C(C)=O)ccc1OCc1ccc(Cl)cc1. The molecule has 2 atom stereocenters. The molecule has 0 bridgehead atoms. The van der Waals surface area contributed by atoms with E-state index in [2.05, 4.69) is 5.32 Å². The van der Waals surface area contributed by atoms with E-state index in [1.165, 1.54) is 6.92 Å². The van der Waals surface area contributed by atoms with Crippen LogP contribution in [0.25, 0.3) is 0 Å². The largest absolute Gasteiger partial charge is 0.490 e. The van der Waals surface area contributed by atoms with E-state index in [0.717, 1.165) is 28.1 Å². The quantitative estimate of drug-likeness (QED) is 0.222. The van der Waals surface area contributed by atoms with Crippen LogP contribution in [0.3, 0.4) is 0 Å². The number of allylic oxidation sites excluding steroid dienone is 1. The fourth-order valence-corrected chi connectivity index (χ4v) is 6.30. The Hall–Kier alpha value is -4.26. The highest BCUT2D eigenvalue weighted by Gasteiger charge is 2.41. The van der Waals surface area contributed by atoms with Crippen LogP contribution in [-0.4, -0.2) is 18.3 Å². The van der Waals surface area contributed by atoms with Gasteiger partial charge in [0.25, 0.3) is 0 Å². The first-order valence-corrected chi connectivity index (χ1v) is 15.4. The highest BCUT2D eigenvalue weighted by atomic mass is 35.5. The lowest BCUT2D eigenvalue weighted by Gasteiger charge is -2.35. The highest BCUT2D eigenvalue weighted by molar-refractivity contribution is 6.30. The van der Waals surface area contributed by atoms with E-state index in [-0.39, 0.29) is 17.6 Å². The van der Waals surface area contributed by atoms with Gasteiger partial charge in [-0.3, -0.25) is 14.5 Å². The maximum absolute atomic E-state index is 14.2. The molecule has 2 aliphatic rings. The summed E-state index contributed by atoms with van der Waals surface area (Å²) in [6.07, 6.45) is 0.932. The highest BCUT2D eigenvalue weighted by Crippen LogP contribution is 2.48. The average molecular weight is 628 g/mol. The van der Waals surface area contributed by atoms with Gasteiger partial charge in [0.2, 0.25) is 5.91 Å². The van der Waals surface area contributed by atoms with Crippen LogP contribution in [0.1, 0.15) is 55.3 Å². The number of Topliss-reactive ketones (excluding diaryl/α,β-unsaturated/α-hetero) is 1. The smallest absolute Gasteiger partial charge is 0.224 e. The predicted molar refractivity (Wildman–Crippen MR) is 175 cm³/mol. The number of fused-ring (bicyclic) bond motifs is 1. The molecule has 0 unspecified atom stereocenters. The van der Waals surface area contributed by atoms with Crippen LogP contribution in [0.15, 0.2) is 102 Å². The van der Waals surface area contributed by atoms with Crippen LogP contribution < -0.4 is 19.7 Å². The van der Waals surface area contributed by atoms with Gasteiger partial charge in [0, 0.05) is 34.7 Å². The first-order valence-electron chi connectivity index (χ1n) is 14.6. The molecule has 1 aliphatic heterocycles. The van der Waals surface area contributed by atoms with Crippen molar-refractivity contribution in [2.75, 3.05) is 16.8 Å². The van der Waals surface area contributed by atoms with E-state index in [9.17, 15) is 9.59 Å². The molecule has 1 N–H and O–H groups in total. The summed E-state index contributed by atoms with van der Waals surface area (Å²) in [6.45, 7) is 4.19. The Morgan fingerprint density at radius 3 is 2.25 bits per heavy atom. The molecule has 44 heavy (non-hydrogen) atoms. The normalized spacial score (nSPS) is 17.7. The number of carbonyl (C=O) groups is 2. The van der Waals surface area contributed by atoms with Crippen LogP contribution >= 0.6 is 23.2 Å². The molecule has 0 radical (unpaired) electrons. The van der Waals surface area contributed by atoms with E-state index in [4.69, 9.17) is 32.7 Å². The van der Waals surface area contributed by atoms with Gasteiger partial charge in [0.1, 0.15) is 6.61 Å². The zero-order valence-corrected chi connectivity index (χ0v) is 26.0. The Bertz CT molecular complexity index is 1730. The van der Waals surface area contributed by atoms with Gasteiger partial charge in [-0.05, 0) is 84.5 Å². The maximum Gasteiger partial charge on any atom is 0.224 e. The number of benzene rings is 4. The van der Waals surface area contributed by atoms with Crippen molar-refractivity contribution in [2.24, 2.45) is 0 Å². The summed E-state index contributed by atoms with van der Waals surface area (Å²) in [4.78, 5) is 29.3. The number of nitrogens with one attached hydrogen (secondary N) is 1. The number of hydrogen-bond acceptors (Lipinski definition) is 5. The van der Waals surface area contributed by atoms with Crippen LogP contribution in [0.5, 0.6) is 11.5 Å². The van der Waals surface area contributed by atoms with Crippen molar-refractivity contribution >= 4 is 46.3 Å². The number of para-hydroxylation sites is 2. The lowest BCUT2D eigenvalue weighted by atomic mass is 9.78. The number of carbonyl (C=O) groups excluding carboxylic acids is 2. The number of halogens is 2. The van der Waals surface area contributed by atoms with Gasteiger partial charge < -0.3 is 14.8 Å². The van der Waals surface area contributed by atoms with Gasteiger partial charge in [-0.25, -0.2) is 0 Å². The molecule has 0 saturated carbocycles. The molecule has 1 aliphatic carbocycles. The van der Waals surface area contributed by atoms with Crippen molar-refractivity contribution in [3.05, 3.63) is 129 Å². The fraction of sp³-hybridized carbons (Fsp3) is 0.222. The number of anilines is 2. The molecule has 8 heteroatoms.